The quantitative estimate of drug-likeness (QED) is 0.487. The highest BCUT2D eigenvalue weighted by molar-refractivity contribution is 5.79. The van der Waals surface area contributed by atoms with Gasteiger partial charge in [0.05, 0.1) is 25.0 Å². The van der Waals surface area contributed by atoms with Crippen molar-refractivity contribution in [2.75, 3.05) is 32.7 Å². The van der Waals surface area contributed by atoms with Crippen LogP contribution in [0.15, 0.2) is 52.3 Å². The van der Waals surface area contributed by atoms with Crippen LogP contribution in [0.4, 0.5) is 0 Å². The van der Waals surface area contributed by atoms with Crippen molar-refractivity contribution < 1.29 is 9.52 Å². The number of rotatable bonds is 8. The minimum atomic E-state index is -0.615. The molecule has 0 amide bonds. The Hall–Kier alpha value is -2.38. The second-order valence-electron chi connectivity index (χ2n) is 6.67. The van der Waals surface area contributed by atoms with E-state index < -0.39 is 6.10 Å². The molecule has 146 valence electrons. The highest BCUT2D eigenvalue weighted by Crippen LogP contribution is 2.25. The standard InChI is InChI=1S/C20H29N5O2/c1-2-22-20(24-15-18(26)16-7-9-21-10-8-16)23-14-17(19-6-5-13-27-19)25-11-3-4-12-25/h5-10,13,17-18,26H,2-4,11-12,14-15H2,1H3,(H2,22,23,24). The Kier molecular flexibility index (Phi) is 7.24. The smallest absolute Gasteiger partial charge is 0.191 e. The van der Waals surface area contributed by atoms with Gasteiger partial charge in [0.1, 0.15) is 5.76 Å². The SMILES string of the molecule is CCNC(=NCC(c1ccco1)N1CCCC1)NCC(O)c1ccncc1. The van der Waals surface area contributed by atoms with Gasteiger partial charge in [-0.1, -0.05) is 0 Å². The zero-order chi connectivity index (χ0) is 18.9. The normalized spacial score (nSPS) is 17.6. The molecule has 2 atom stereocenters. The molecular formula is C20H29N5O2. The molecule has 1 aliphatic rings. The van der Waals surface area contributed by atoms with Crippen molar-refractivity contribution in [3.8, 4) is 0 Å². The number of aliphatic hydroxyl groups is 1. The molecule has 0 radical (unpaired) electrons. The fourth-order valence-electron chi connectivity index (χ4n) is 3.34. The highest BCUT2D eigenvalue weighted by atomic mass is 16.3. The van der Waals surface area contributed by atoms with Crippen LogP contribution in [0.2, 0.25) is 0 Å². The Bertz CT molecular complexity index is 684. The Labute approximate surface area is 160 Å². The van der Waals surface area contributed by atoms with Crippen molar-refractivity contribution in [1.82, 2.24) is 20.5 Å². The van der Waals surface area contributed by atoms with Gasteiger partial charge in [-0.05, 0) is 62.7 Å². The van der Waals surface area contributed by atoms with Crippen LogP contribution in [-0.4, -0.2) is 53.7 Å². The van der Waals surface area contributed by atoms with E-state index in [2.05, 4.69) is 20.5 Å². The number of aromatic nitrogens is 1. The van der Waals surface area contributed by atoms with Gasteiger partial charge >= 0.3 is 0 Å². The van der Waals surface area contributed by atoms with Crippen LogP contribution in [0.5, 0.6) is 0 Å². The summed E-state index contributed by atoms with van der Waals surface area (Å²) in [5.74, 6) is 1.65. The van der Waals surface area contributed by atoms with Crippen LogP contribution >= 0.6 is 0 Å². The highest BCUT2D eigenvalue weighted by Gasteiger charge is 2.25. The number of nitrogens with one attached hydrogen (secondary N) is 2. The average Bonchev–Trinajstić information content (AvgIpc) is 3.41. The number of guanidine groups is 1. The lowest BCUT2D eigenvalue weighted by molar-refractivity contribution is 0.180. The second-order valence-corrected chi connectivity index (χ2v) is 6.67. The van der Waals surface area contributed by atoms with Crippen LogP contribution in [-0.2, 0) is 0 Å². The van der Waals surface area contributed by atoms with E-state index in [0.717, 1.165) is 31.0 Å². The summed E-state index contributed by atoms with van der Waals surface area (Å²) in [6.45, 7) is 5.92. The van der Waals surface area contributed by atoms with E-state index in [9.17, 15) is 5.11 Å². The molecule has 2 aromatic heterocycles. The molecule has 2 aromatic rings. The first-order valence-corrected chi connectivity index (χ1v) is 9.65. The third kappa shape index (κ3) is 5.55. The van der Waals surface area contributed by atoms with Crippen LogP contribution in [0.25, 0.3) is 0 Å². The van der Waals surface area contributed by atoms with E-state index in [1.165, 1.54) is 12.8 Å². The molecule has 3 N–H and O–H groups in total. The fourth-order valence-corrected chi connectivity index (χ4v) is 3.34. The summed E-state index contributed by atoms with van der Waals surface area (Å²) >= 11 is 0. The third-order valence-corrected chi connectivity index (χ3v) is 4.77. The van der Waals surface area contributed by atoms with Crippen LogP contribution in [0, 0.1) is 0 Å². The Morgan fingerprint density at radius 1 is 1.26 bits per heavy atom. The Balaban J connectivity index is 1.62. The lowest BCUT2D eigenvalue weighted by atomic mass is 10.1. The van der Waals surface area contributed by atoms with Gasteiger partial charge in [0.25, 0.3) is 0 Å². The summed E-state index contributed by atoms with van der Waals surface area (Å²) in [4.78, 5) is 11.2. The first-order chi connectivity index (χ1) is 13.3. The van der Waals surface area contributed by atoms with Crippen LogP contribution < -0.4 is 10.6 Å². The molecule has 0 spiro atoms. The average molecular weight is 371 g/mol. The number of likely N-dealkylation sites (tertiary alicyclic amines) is 1. The van der Waals surface area contributed by atoms with Crippen LogP contribution in [0.1, 0.15) is 43.2 Å². The van der Waals surface area contributed by atoms with Gasteiger partial charge in [-0.2, -0.15) is 0 Å². The minimum Gasteiger partial charge on any atom is -0.468 e. The van der Waals surface area contributed by atoms with Crippen molar-refractivity contribution in [2.24, 2.45) is 4.99 Å². The maximum Gasteiger partial charge on any atom is 0.191 e. The van der Waals surface area contributed by atoms with E-state index >= 15 is 0 Å². The predicted octanol–water partition coefficient (Wildman–Crippen LogP) is 2.10. The largest absolute Gasteiger partial charge is 0.468 e. The van der Waals surface area contributed by atoms with E-state index in [4.69, 9.17) is 9.41 Å². The summed E-state index contributed by atoms with van der Waals surface area (Å²) < 4.78 is 5.66. The van der Waals surface area contributed by atoms with Crippen molar-refractivity contribution in [3.05, 3.63) is 54.2 Å². The molecule has 1 saturated heterocycles. The topological polar surface area (TPSA) is 85.9 Å². The number of hydrogen-bond donors (Lipinski definition) is 3. The second kappa shape index (κ2) is 10.1. The molecule has 7 heteroatoms. The molecular weight excluding hydrogens is 342 g/mol. The summed E-state index contributed by atoms with van der Waals surface area (Å²) in [7, 11) is 0. The van der Waals surface area contributed by atoms with E-state index in [1.54, 1.807) is 18.7 Å². The van der Waals surface area contributed by atoms with Gasteiger partial charge < -0.3 is 20.2 Å². The molecule has 3 rings (SSSR count). The van der Waals surface area contributed by atoms with Gasteiger partial charge in [-0.3, -0.25) is 14.9 Å². The van der Waals surface area contributed by atoms with Gasteiger partial charge in [-0.15, -0.1) is 0 Å². The fraction of sp³-hybridized carbons (Fsp3) is 0.500. The molecule has 3 heterocycles. The van der Waals surface area contributed by atoms with Crippen molar-refractivity contribution >= 4 is 5.96 Å². The summed E-state index contributed by atoms with van der Waals surface area (Å²) in [6, 6.07) is 7.72. The summed E-state index contributed by atoms with van der Waals surface area (Å²) in [6.07, 6.45) is 6.91. The number of furan rings is 1. The van der Waals surface area contributed by atoms with E-state index in [0.29, 0.717) is 19.0 Å². The molecule has 2 unspecified atom stereocenters. The molecule has 7 nitrogen and oxygen atoms in total. The predicted molar refractivity (Wildman–Crippen MR) is 105 cm³/mol. The minimum absolute atomic E-state index is 0.142. The first-order valence-electron chi connectivity index (χ1n) is 9.65. The van der Waals surface area contributed by atoms with Crippen molar-refractivity contribution in [1.29, 1.82) is 0 Å². The number of aliphatic hydroxyl groups excluding tert-OH is 1. The Morgan fingerprint density at radius 2 is 2.04 bits per heavy atom. The van der Waals surface area contributed by atoms with E-state index in [1.807, 2.05) is 31.2 Å². The number of nitrogens with zero attached hydrogens (tertiary/aromatic N) is 3. The molecule has 1 fully saturated rings. The van der Waals surface area contributed by atoms with Crippen molar-refractivity contribution in [3.63, 3.8) is 0 Å². The van der Waals surface area contributed by atoms with Gasteiger partial charge in [-0.25, -0.2) is 0 Å². The monoisotopic (exact) mass is 371 g/mol. The first kappa shape index (κ1) is 19.4. The maximum atomic E-state index is 10.3. The summed E-state index contributed by atoms with van der Waals surface area (Å²) in [5, 5.41) is 16.8. The molecule has 0 saturated carbocycles. The lowest BCUT2D eigenvalue weighted by Gasteiger charge is -2.24. The van der Waals surface area contributed by atoms with E-state index in [-0.39, 0.29) is 6.04 Å². The van der Waals surface area contributed by atoms with Gasteiger partial charge in [0, 0.05) is 25.5 Å². The van der Waals surface area contributed by atoms with Gasteiger partial charge in [0.2, 0.25) is 0 Å². The lowest BCUT2D eigenvalue weighted by Crippen LogP contribution is -2.40. The number of aliphatic imine (C=N–C) groups is 1. The zero-order valence-electron chi connectivity index (χ0n) is 15.8. The molecule has 27 heavy (non-hydrogen) atoms. The number of pyridine rings is 1. The zero-order valence-corrected chi connectivity index (χ0v) is 15.8. The van der Waals surface area contributed by atoms with Crippen molar-refractivity contribution in [2.45, 2.75) is 31.9 Å². The number of hydrogen-bond acceptors (Lipinski definition) is 5. The molecule has 0 bridgehead atoms. The maximum absolute atomic E-state index is 10.3. The molecule has 0 aliphatic carbocycles. The Morgan fingerprint density at radius 3 is 2.70 bits per heavy atom. The summed E-state index contributed by atoms with van der Waals surface area (Å²) in [5.41, 5.74) is 0.832. The molecule has 1 aliphatic heterocycles. The molecule has 0 aromatic carbocycles. The van der Waals surface area contributed by atoms with Gasteiger partial charge in [0.15, 0.2) is 5.96 Å². The van der Waals surface area contributed by atoms with Crippen LogP contribution in [0.3, 0.4) is 0 Å². The third-order valence-electron chi connectivity index (χ3n) is 4.77.